The zero-order valence-electron chi connectivity index (χ0n) is 14.7. The molecule has 0 saturated carbocycles. The molecule has 0 aliphatic carbocycles. The van der Waals surface area contributed by atoms with Crippen molar-refractivity contribution in [3.05, 3.63) is 59.7 Å². The quantitative estimate of drug-likeness (QED) is 0.828. The SMILES string of the molecule is COc1ccccc1C(=O)N[C@H](C(=O)Nc1ccc(F)cc1F)C(C)C. The topological polar surface area (TPSA) is 67.4 Å². The van der Waals surface area contributed by atoms with E-state index in [1.807, 2.05) is 0 Å². The number of hydrogen-bond acceptors (Lipinski definition) is 3. The van der Waals surface area contributed by atoms with Crippen molar-refractivity contribution < 1.29 is 23.1 Å². The second-order valence-electron chi connectivity index (χ2n) is 6.01. The fraction of sp³-hybridized carbons (Fsp3) is 0.263. The van der Waals surface area contributed by atoms with Crippen molar-refractivity contribution in [1.29, 1.82) is 0 Å². The summed E-state index contributed by atoms with van der Waals surface area (Å²) >= 11 is 0. The molecule has 0 bridgehead atoms. The van der Waals surface area contributed by atoms with Crippen LogP contribution in [0.2, 0.25) is 0 Å². The first-order valence-corrected chi connectivity index (χ1v) is 8.03. The third kappa shape index (κ3) is 4.56. The third-order valence-corrected chi connectivity index (χ3v) is 3.78. The van der Waals surface area contributed by atoms with Crippen LogP contribution in [0.1, 0.15) is 24.2 Å². The number of methoxy groups -OCH3 is 1. The molecule has 0 aromatic heterocycles. The van der Waals surface area contributed by atoms with Crippen molar-refractivity contribution >= 4 is 17.5 Å². The summed E-state index contributed by atoms with van der Waals surface area (Å²) in [4.78, 5) is 25.0. The van der Waals surface area contributed by atoms with Gasteiger partial charge in [-0.15, -0.1) is 0 Å². The van der Waals surface area contributed by atoms with Crippen molar-refractivity contribution in [2.45, 2.75) is 19.9 Å². The summed E-state index contributed by atoms with van der Waals surface area (Å²) in [5, 5.41) is 5.01. The maximum atomic E-state index is 13.7. The van der Waals surface area contributed by atoms with E-state index in [0.29, 0.717) is 11.8 Å². The predicted molar refractivity (Wildman–Crippen MR) is 94.1 cm³/mol. The number of anilines is 1. The molecule has 0 aliphatic heterocycles. The van der Waals surface area contributed by atoms with E-state index in [-0.39, 0.29) is 17.2 Å². The fourth-order valence-electron chi connectivity index (χ4n) is 2.39. The van der Waals surface area contributed by atoms with Gasteiger partial charge in [0.25, 0.3) is 5.91 Å². The lowest BCUT2D eigenvalue weighted by Gasteiger charge is -2.22. The fourth-order valence-corrected chi connectivity index (χ4v) is 2.39. The van der Waals surface area contributed by atoms with Crippen LogP contribution in [-0.4, -0.2) is 25.0 Å². The standard InChI is InChI=1S/C19H20F2N2O3/c1-11(2)17(19(25)22-15-9-8-12(20)10-14(15)21)23-18(24)13-6-4-5-7-16(13)26-3/h4-11,17H,1-3H3,(H,22,25)(H,23,24)/t17-/m0/s1. The molecule has 138 valence electrons. The van der Waals surface area contributed by atoms with E-state index in [2.05, 4.69) is 10.6 Å². The van der Waals surface area contributed by atoms with Crippen molar-refractivity contribution in [3.8, 4) is 5.75 Å². The van der Waals surface area contributed by atoms with Crippen LogP contribution in [-0.2, 0) is 4.79 Å². The maximum absolute atomic E-state index is 13.7. The Bertz CT molecular complexity index is 809. The Morgan fingerprint density at radius 2 is 1.77 bits per heavy atom. The van der Waals surface area contributed by atoms with Crippen LogP contribution in [0, 0.1) is 17.6 Å². The number of halogens is 2. The van der Waals surface area contributed by atoms with Gasteiger partial charge in [0.15, 0.2) is 0 Å². The summed E-state index contributed by atoms with van der Waals surface area (Å²) in [5.74, 6) is -2.62. The molecular weight excluding hydrogens is 342 g/mol. The predicted octanol–water partition coefficient (Wildman–Crippen LogP) is 3.37. The molecule has 0 spiro atoms. The highest BCUT2D eigenvalue weighted by atomic mass is 19.1. The number of ether oxygens (including phenoxy) is 1. The first-order valence-electron chi connectivity index (χ1n) is 8.03. The first kappa shape index (κ1) is 19.4. The van der Waals surface area contributed by atoms with E-state index in [1.165, 1.54) is 7.11 Å². The molecule has 2 aromatic rings. The molecule has 0 fully saturated rings. The molecule has 0 heterocycles. The monoisotopic (exact) mass is 362 g/mol. The van der Waals surface area contributed by atoms with E-state index < -0.39 is 29.5 Å². The van der Waals surface area contributed by atoms with Crippen LogP contribution in [0.25, 0.3) is 0 Å². The average Bonchev–Trinajstić information content (AvgIpc) is 2.61. The Morgan fingerprint density at radius 1 is 1.08 bits per heavy atom. The molecule has 5 nitrogen and oxygen atoms in total. The average molecular weight is 362 g/mol. The molecule has 0 unspecified atom stereocenters. The molecule has 2 rings (SSSR count). The summed E-state index contributed by atoms with van der Waals surface area (Å²) in [6.07, 6.45) is 0. The molecule has 0 aliphatic rings. The number of rotatable bonds is 6. The number of para-hydroxylation sites is 1. The van der Waals surface area contributed by atoms with Gasteiger partial charge in [0.1, 0.15) is 23.4 Å². The van der Waals surface area contributed by atoms with Gasteiger partial charge in [0, 0.05) is 6.07 Å². The van der Waals surface area contributed by atoms with Gasteiger partial charge in [-0.1, -0.05) is 26.0 Å². The maximum Gasteiger partial charge on any atom is 0.255 e. The Morgan fingerprint density at radius 3 is 2.38 bits per heavy atom. The minimum atomic E-state index is -0.920. The van der Waals surface area contributed by atoms with Crippen molar-refractivity contribution in [3.63, 3.8) is 0 Å². The van der Waals surface area contributed by atoms with Crippen LogP contribution in [0.4, 0.5) is 14.5 Å². The number of nitrogens with one attached hydrogen (secondary N) is 2. The summed E-state index contributed by atoms with van der Waals surface area (Å²) in [7, 11) is 1.44. The van der Waals surface area contributed by atoms with E-state index in [4.69, 9.17) is 4.74 Å². The molecule has 2 aromatic carbocycles. The lowest BCUT2D eigenvalue weighted by Crippen LogP contribution is -2.47. The minimum absolute atomic E-state index is 0.159. The van der Waals surface area contributed by atoms with E-state index in [1.54, 1.807) is 38.1 Å². The Hall–Kier alpha value is -2.96. The molecule has 2 amide bonds. The smallest absolute Gasteiger partial charge is 0.255 e. The highest BCUT2D eigenvalue weighted by molar-refractivity contribution is 6.02. The summed E-state index contributed by atoms with van der Waals surface area (Å²) < 4.78 is 31.9. The highest BCUT2D eigenvalue weighted by Gasteiger charge is 2.26. The number of amides is 2. The lowest BCUT2D eigenvalue weighted by molar-refractivity contribution is -0.118. The van der Waals surface area contributed by atoms with Crippen molar-refractivity contribution in [2.24, 2.45) is 5.92 Å². The summed E-state index contributed by atoms with van der Waals surface area (Å²) in [5.41, 5.74) is 0.120. The van der Waals surface area contributed by atoms with Gasteiger partial charge < -0.3 is 15.4 Å². The molecular formula is C19H20F2N2O3. The van der Waals surface area contributed by atoms with Crippen LogP contribution < -0.4 is 15.4 Å². The Balaban J connectivity index is 2.17. The highest BCUT2D eigenvalue weighted by Crippen LogP contribution is 2.19. The van der Waals surface area contributed by atoms with Gasteiger partial charge >= 0.3 is 0 Å². The zero-order valence-corrected chi connectivity index (χ0v) is 14.7. The Kier molecular flexibility index (Phi) is 6.27. The molecule has 26 heavy (non-hydrogen) atoms. The van der Waals surface area contributed by atoms with E-state index in [9.17, 15) is 18.4 Å². The number of benzene rings is 2. The lowest BCUT2D eigenvalue weighted by atomic mass is 10.0. The van der Waals surface area contributed by atoms with E-state index >= 15 is 0 Å². The van der Waals surface area contributed by atoms with Gasteiger partial charge in [0.05, 0.1) is 18.4 Å². The zero-order chi connectivity index (χ0) is 19.3. The van der Waals surface area contributed by atoms with Crippen molar-refractivity contribution in [2.75, 3.05) is 12.4 Å². The third-order valence-electron chi connectivity index (χ3n) is 3.78. The van der Waals surface area contributed by atoms with Crippen LogP contribution >= 0.6 is 0 Å². The first-order chi connectivity index (χ1) is 12.3. The van der Waals surface area contributed by atoms with Gasteiger partial charge in [-0.25, -0.2) is 8.78 Å². The molecule has 1 atom stereocenters. The molecule has 0 saturated heterocycles. The van der Waals surface area contributed by atoms with Crippen LogP contribution in [0.5, 0.6) is 5.75 Å². The largest absolute Gasteiger partial charge is 0.496 e. The normalized spacial score (nSPS) is 11.8. The summed E-state index contributed by atoms with van der Waals surface area (Å²) in [6, 6.07) is 8.52. The summed E-state index contributed by atoms with van der Waals surface area (Å²) in [6.45, 7) is 3.49. The Labute approximate surface area is 150 Å². The van der Waals surface area contributed by atoms with Crippen LogP contribution in [0.3, 0.4) is 0 Å². The van der Waals surface area contributed by atoms with Gasteiger partial charge in [-0.2, -0.15) is 0 Å². The number of hydrogen-bond donors (Lipinski definition) is 2. The molecule has 7 heteroatoms. The van der Waals surface area contributed by atoms with Crippen molar-refractivity contribution in [1.82, 2.24) is 5.32 Å². The van der Waals surface area contributed by atoms with Gasteiger partial charge in [0.2, 0.25) is 5.91 Å². The number of carbonyl (C=O) groups excluding carboxylic acids is 2. The number of carbonyl (C=O) groups is 2. The molecule has 0 radical (unpaired) electrons. The minimum Gasteiger partial charge on any atom is -0.496 e. The van der Waals surface area contributed by atoms with Crippen LogP contribution in [0.15, 0.2) is 42.5 Å². The van der Waals surface area contributed by atoms with E-state index in [0.717, 1.165) is 12.1 Å². The second-order valence-corrected chi connectivity index (χ2v) is 6.01. The van der Waals surface area contributed by atoms with Gasteiger partial charge in [-0.3, -0.25) is 9.59 Å². The second kappa shape index (κ2) is 8.42. The van der Waals surface area contributed by atoms with Gasteiger partial charge in [-0.05, 0) is 30.2 Å². The molecule has 2 N–H and O–H groups in total.